The van der Waals surface area contributed by atoms with Crippen LogP contribution in [-0.2, 0) is 6.61 Å². The summed E-state index contributed by atoms with van der Waals surface area (Å²) < 4.78 is 17.2. The van der Waals surface area contributed by atoms with Gasteiger partial charge in [0.2, 0.25) is 5.88 Å². The lowest BCUT2D eigenvalue weighted by atomic mass is 10.1. The zero-order chi connectivity index (χ0) is 21.6. The smallest absolute Gasteiger partial charge is 0.232 e. The predicted molar refractivity (Wildman–Crippen MR) is 120 cm³/mol. The summed E-state index contributed by atoms with van der Waals surface area (Å²) in [5, 5.41) is 0. The quantitative estimate of drug-likeness (QED) is 0.423. The zero-order valence-corrected chi connectivity index (χ0v) is 17.0. The van der Waals surface area contributed by atoms with Crippen molar-refractivity contribution in [3.05, 3.63) is 84.7 Å². The highest BCUT2D eigenvalue weighted by Crippen LogP contribution is 2.36. The lowest BCUT2D eigenvalue weighted by molar-refractivity contribution is 0.296. The summed E-state index contributed by atoms with van der Waals surface area (Å²) >= 11 is 0. The maximum atomic E-state index is 6.14. The lowest BCUT2D eigenvalue weighted by Crippen LogP contribution is -2.00. The van der Waals surface area contributed by atoms with Gasteiger partial charge >= 0.3 is 0 Å². The fourth-order valence-corrected chi connectivity index (χ4v) is 3.12. The van der Waals surface area contributed by atoms with Crippen LogP contribution in [0.1, 0.15) is 5.56 Å². The normalized spacial score (nSPS) is 10.5. The average molecular weight is 414 g/mol. The lowest BCUT2D eigenvalue weighted by Gasteiger charge is -2.13. The summed E-state index contributed by atoms with van der Waals surface area (Å²) in [6.07, 6.45) is 1.37. The first-order valence-corrected chi connectivity index (χ1v) is 9.63. The van der Waals surface area contributed by atoms with E-state index in [1.165, 1.54) is 6.33 Å². The van der Waals surface area contributed by atoms with Crippen LogP contribution in [0.4, 0.5) is 11.5 Å². The molecule has 0 aliphatic heterocycles. The van der Waals surface area contributed by atoms with Crippen molar-refractivity contribution in [3.8, 4) is 34.3 Å². The minimum absolute atomic E-state index is 0.316. The Labute approximate surface area is 180 Å². The van der Waals surface area contributed by atoms with E-state index in [-0.39, 0.29) is 0 Å². The average Bonchev–Trinajstić information content (AvgIpc) is 2.79. The van der Waals surface area contributed by atoms with E-state index in [0.717, 1.165) is 16.9 Å². The van der Waals surface area contributed by atoms with Gasteiger partial charge in [0.15, 0.2) is 0 Å². The summed E-state index contributed by atoms with van der Waals surface area (Å²) in [5.74, 6) is 2.73. The third-order valence-corrected chi connectivity index (χ3v) is 4.64. The van der Waals surface area contributed by atoms with Crippen molar-refractivity contribution in [3.63, 3.8) is 0 Å². The number of rotatable bonds is 7. The molecule has 0 bridgehead atoms. The van der Waals surface area contributed by atoms with E-state index < -0.39 is 0 Å². The van der Waals surface area contributed by atoms with Gasteiger partial charge in [0.25, 0.3) is 0 Å². The molecule has 0 amide bonds. The van der Waals surface area contributed by atoms with Crippen molar-refractivity contribution in [2.75, 3.05) is 18.6 Å². The third kappa shape index (κ3) is 4.67. The van der Waals surface area contributed by atoms with E-state index in [2.05, 4.69) is 9.97 Å². The van der Waals surface area contributed by atoms with E-state index in [4.69, 9.17) is 25.7 Å². The standard InChI is InChI=1S/C24H22N4O3/c1-29-21-8-3-2-5-17(21)14-30-19-11-9-16(10-12-19)22-23(26)27-15-28-24(22)31-20-7-4-6-18(25)13-20/h2-13,15H,14,25H2,1H3,(H2,26,27,28). The molecule has 0 saturated carbocycles. The third-order valence-electron chi connectivity index (χ3n) is 4.64. The minimum atomic E-state index is 0.316. The molecule has 0 spiro atoms. The largest absolute Gasteiger partial charge is 0.496 e. The number of nitrogens with zero attached hydrogens (tertiary/aromatic N) is 2. The van der Waals surface area contributed by atoms with Gasteiger partial charge in [-0.25, -0.2) is 9.97 Å². The number of ether oxygens (including phenoxy) is 3. The first-order chi connectivity index (χ1) is 15.1. The van der Waals surface area contributed by atoms with Gasteiger partial charge in [0, 0.05) is 17.3 Å². The Balaban J connectivity index is 1.55. The Morgan fingerprint density at radius 2 is 1.65 bits per heavy atom. The van der Waals surface area contributed by atoms with Crippen LogP contribution >= 0.6 is 0 Å². The number of nitrogens with two attached hydrogens (primary N) is 2. The van der Waals surface area contributed by atoms with Gasteiger partial charge in [-0.1, -0.05) is 36.4 Å². The van der Waals surface area contributed by atoms with Gasteiger partial charge in [-0.05, 0) is 35.9 Å². The second-order valence-corrected chi connectivity index (χ2v) is 6.74. The molecular weight excluding hydrogens is 392 g/mol. The van der Waals surface area contributed by atoms with Crippen molar-refractivity contribution in [1.29, 1.82) is 0 Å². The molecule has 4 aromatic rings. The van der Waals surface area contributed by atoms with E-state index in [9.17, 15) is 0 Å². The van der Waals surface area contributed by atoms with E-state index in [1.807, 2.05) is 54.6 Å². The number of para-hydroxylation sites is 1. The van der Waals surface area contributed by atoms with Crippen LogP contribution in [0, 0.1) is 0 Å². The second-order valence-electron chi connectivity index (χ2n) is 6.74. The molecule has 156 valence electrons. The number of nitrogen functional groups attached to an aromatic ring is 2. The SMILES string of the molecule is COc1ccccc1COc1ccc(-c2c(N)ncnc2Oc2cccc(N)c2)cc1. The fourth-order valence-electron chi connectivity index (χ4n) is 3.12. The van der Waals surface area contributed by atoms with Crippen molar-refractivity contribution in [2.24, 2.45) is 0 Å². The highest BCUT2D eigenvalue weighted by molar-refractivity contribution is 5.78. The molecule has 0 aliphatic rings. The molecule has 31 heavy (non-hydrogen) atoms. The first-order valence-electron chi connectivity index (χ1n) is 9.63. The highest BCUT2D eigenvalue weighted by Gasteiger charge is 2.14. The zero-order valence-electron chi connectivity index (χ0n) is 17.0. The number of benzene rings is 3. The predicted octanol–water partition coefficient (Wildman–Crippen LogP) is 4.69. The Morgan fingerprint density at radius 1 is 0.839 bits per heavy atom. The molecule has 7 nitrogen and oxygen atoms in total. The number of methoxy groups -OCH3 is 1. The fraction of sp³-hybridized carbons (Fsp3) is 0.0833. The van der Waals surface area contributed by atoms with Crippen LogP contribution in [0.2, 0.25) is 0 Å². The molecule has 0 radical (unpaired) electrons. The van der Waals surface area contributed by atoms with Crippen molar-refractivity contribution in [1.82, 2.24) is 9.97 Å². The van der Waals surface area contributed by atoms with Crippen LogP contribution < -0.4 is 25.7 Å². The number of hydrogen-bond acceptors (Lipinski definition) is 7. The van der Waals surface area contributed by atoms with E-state index in [0.29, 0.717) is 41.1 Å². The molecule has 0 saturated heterocycles. The number of hydrogen-bond donors (Lipinski definition) is 2. The molecule has 4 rings (SSSR count). The van der Waals surface area contributed by atoms with Gasteiger partial charge in [0.05, 0.1) is 12.7 Å². The van der Waals surface area contributed by atoms with Crippen molar-refractivity contribution >= 4 is 11.5 Å². The molecule has 7 heteroatoms. The van der Waals surface area contributed by atoms with Crippen molar-refractivity contribution < 1.29 is 14.2 Å². The molecular formula is C24H22N4O3. The van der Waals surface area contributed by atoms with Crippen molar-refractivity contribution in [2.45, 2.75) is 6.61 Å². The molecule has 1 heterocycles. The maximum absolute atomic E-state index is 6.14. The van der Waals surface area contributed by atoms with Crippen LogP contribution in [-0.4, -0.2) is 17.1 Å². The van der Waals surface area contributed by atoms with Gasteiger partial charge in [0.1, 0.15) is 36.0 Å². The summed E-state index contributed by atoms with van der Waals surface area (Å²) in [7, 11) is 1.64. The summed E-state index contributed by atoms with van der Waals surface area (Å²) in [5.41, 5.74) is 14.9. The minimum Gasteiger partial charge on any atom is -0.496 e. The first kappa shape index (κ1) is 20.0. The summed E-state index contributed by atoms with van der Waals surface area (Å²) in [4.78, 5) is 8.37. The maximum Gasteiger partial charge on any atom is 0.232 e. The van der Waals surface area contributed by atoms with Gasteiger partial charge in [-0.15, -0.1) is 0 Å². The molecule has 3 aromatic carbocycles. The van der Waals surface area contributed by atoms with Crippen LogP contribution in [0.5, 0.6) is 23.1 Å². The second kappa shape index (κ2) is 9.04. The summed E-state index contributed by atoms with van der Waals surface area (Å²) in [6.45, 7) is 0.393. The number of aromatic nitrogens is 2. The Hall–Kier alpha value is -4.26. The van der Waals surface area contributed by atoms with Crippen LogP contribution in [0.25, 0.3) is 11.1 Å². The molecule has 0 unspecified atom stereocenters. The topological polar surface area (TPSA) is 106 Å². The molecule has 0 atom stereocenters. The number of anilines is 2. The molecule has 0 aliphatic carbocycles. The Kier molecular flexibility index (Phi) is 5.84. The van der Waals surface area contributed by atoms with Crippen LogP contribution in [0.3, 0.4) is 0 Å². The highest BCUT2D eigenvalue weighted by atomic mass is 16.5. The van der Waals surface area contributed by atoms with Crippen LogP contribution in [0.15, 0.2) is 79.1 Å². The Morgan fingerprint density at radius 3 is 2.42 bits per heavy atom. The van der Waals surface area contributed by atoms with Gasteiger partial charge in [-0.2, -0.15) is 0 Å². The molecule has 1 aromatic heterocycles. The monoisotopic (exact) mass is 414 g/mol. The Bertz CT molecular complexity index is 1180. The summed E-state index contributed by atoms with van der Waals surface area (Å²) in [6, 6.07) is 22.4. The van der Waals surface area contributed by atoms with E-state index in [1.54, 1.807) is 25.3 Å². The van der Waals surface area contributed by atoms with Gasteiger partial charge < -0.3 is 25.7 Å². The van der Waals surface area contributed by atoms with Gasteiger partial charge in [-0.3, -0.25) is 0 Å². The van der Waals surface area contributed by atoms with E-state index >= 15 is 0 Å². The molecule has 0 fully saturated rings. The molecule has 4 N–H and O–H groups in total.